The van der Waals surface area contributed by atoms with Gasteiger partial charge in [-0.25, -0.2) is 4.39 Å². The number of hydrogen-bond donors (Lipinski definition) is 1. The van der Waals surface area contributed by atoms with Crippen molar-refractivity contribution in [2.45, 2.75) is 251 Å². The van der Waals surface area contributed by atoms with Crippen LogP contribution in [-0.4, -0.2) is 64.1 Å². The second-order valence-corrected chi connectivity index (χ2v) is 25.9. The lowest BCUT2D eigenvalue weighted by atomic mass is 9.76. The van der Waals surface area contributed by atoms with Crippen molar-refractivity contribution in [3.8, 4) is 0 Å². The maximum absolute atomic E-state index is 12.5. The van der Waals surface area contributed by atoms with Crippen molar-refractivity contribution in [1.82, 2.24) is 0 Å². The number of ether oxygens (including phenoxy) is 4. The van der Waals surface area contributed by atoms with Gasteiger partial charge in [0.1, 0.15) is 5.82 Å². The molecule has 0 unspecified atom stereocenters. The molecule has 69 heavy (non-hydrogen) atoms. The summed E-state index contributed by atoms with van der Waals surface area (Å²) in [7, 11) is 1.83. The fraction of sp³-hybridized carbons (Fsp3) is 0.905. The summed E-state index contributed by atoms with van der Waals surface area (Å²) in [6, 6.07) is 6.66. The highest BCUT2D eigenvalue weighted by Gasteiger charge is 2.26. The van der Waals surface area contributed by atoms with Gasteiger partial charge in [0.25, 0.3) is 0 Å². The summed E-state index contributed by atoms with van der Waals surface area (Å²) in [6.07, 6.45) is 22.2. The van der Waals surface area contributed by atoms with Crippen molar-refractivity contribution in [3.05, 3.63) is 35.6 Å². The highest BCUT2D eigenvalue weighted by Crippen LogP contribution is 2.34. The number of rotatable bonds is 10. The van der Waals surface area contributed by atoms with Gasteiger partial charge in [-0.1, -0.05) is 150 Å². The van der Waals surface area contributed by atoms with Crippen molar-refractivity contribution < 1.29 is 28.4 Å². The molecule has 5 fully saturated rings. The first-order valence-corrected chi connectivity index (χ1v) is 29.0. The molecule has 0 spiro atoms. The minimum atomic E-state index is -0.169. The highest BCUT2D eigenvalue weighted by atomic mass is 19.1. The molecule has 0 radical (unpaired) electrons. The third-order valence-corrected chi connectivity index (χ3v) is 15.9. The SMILES string of the molecule is CC(C)(C)C1CCOCC1.CC(C)(C)c1ccc(F)cc1.CC(C)C1CCC(O)CC1.CC(C)CC1CCOCC1.CC(C)CC[C@@H]1CCOC1.CC[C@H](C)C(C)C.COC1CCC(C(C)C)CC1. The second kappa shape index (κ2) is 38.5. The Morgan fingerprint density at radius 2 is 1.04 bits per heavy atom. The van der Waals surface area contributed by atoms with Gasteiger partial charge in [0.15, 0.2) is 0 Å². The van der Waals surface area contributed by atoms with E-state index in [1.807, 2.05) is 19.2 Å². The molecule has 0 bridgehead atoms. The van der Waals surface area contributed by atoms with Gasteiger partial charge in [-0.05, 0) is 190 Å². The van der Waals surface area contributed by atoms with Crippen molar-refractivity contribution >= 4 is 0 Å². The van der Waals surface area contributed by atoms with Crippen LogP contribution >= 0.6 is 0 Å². The molecule has 6 rings (SSSR count). The van der Waals surface area contributed by atoms with Crippen molar-refractivity contribution in [1.29, 1.82) is 0 Å². The van der Waals surface area contributed by atoms with E-state index in [1.165, 1.54) is 114 Å². The summed E-state index contributed by atoms with van der Waals surface area (Å²) in [4.78, 5) is 0. The molecular weight excluding hydrogens is 856 g/mol. The Labute approximate surface area is 431 Å². The van der Waals surface area contributed by atoms with Crippen LogP contribution in [-0.2, 0) is 24.4 Å². The molecule has 3 aliphatic heterocycles. The van der Waals surface area contributed by atoms with Gasteiger partial charge in [-0.15, -0.1) is 0 Å². The quantitative estimate of drug-likeness (QED) is 0.253. The number of hydrogen-bond acceptors (Lipinski definition) is 5. The van der Waals surface area contributed by atoms with Crippen LogP contribution in [0.4, 0.5) is 4.39 Å². The van der Waals surface area contributed by atoms with Gasteiger partial charge >= 0.3 is 0 Å². The summed E-state index contributed by atoms with van der Waals surface area (Å²) >= 11 is 0. The molecule has 0 amide bonds. The Morgan fingerprint density at radius 1 is 0.594 bits per heavy atom. The smallest absolute Gasteiger partial charge is 0.123 e. The zero-order valence-electron chi connectivity index (χ0n) is 49.5. The third kappa shape index (κ3) is 35.7. The Balaban J connectivity index is 0.000000785. The van der Waals surface area contributed by atoms with Gasteiger partial charge in [-0.2, -0.15) is 0 Å². The van der Waals surface area contributed by atoms with Crippen LogP contribution in [0.1, 0.15) is 239 Å². The van der Waals surface area contributed by atoms with Crippen molar-refractivity contribution in [2.24, 2.45) is 70.5 Å². The number of methoxy groups -OCH3 is 1. The minimum Gasteiger partial charge on any atom is -0.393 e. The van der Waals surface area contributed by atoms with Crippen LogP contribution < -0.4 is 0 Å². The van der Waals surface area contributed by atoms with E-state index in [2.05, 4.69) is 125 Å². The summed E-state index contributed by atoms with van der Waals surface area (Å²) in [5.74, 6) is 9.55. The Bertz CT molecular complexity index is 1260. The van der Waals surface area contributed by atoms with E-state index in [0.29, 0.717) is 11.5 Å². The second-order valence-electron chi connectivity index (χ2n) is 25.9. The third-order valence-electron chi connectivity index (χ3n) is 15.9. The lowest BCUT2D eigenvalue weighted by Gasteiger charge is -2.33. The molecule has 6 heteroatoms. The fourth-order valence-electron chi connectivity index (χ4n) is 9.77. The zero-order valence-corrected chi connectivity index (χ0v) is 49.5. The number of aliphatic hydroxyl groups excluding tert-OH is 1. The molecule has 5 nitrogen and oxygen atoms in total. The molecule has 3 heterocycles. The molecule has 410 valence electrons. The van der Waals surface area contributed by atoms with Crippen LogP contribution in [0.5, 0.6) is 0 Å². The Morgan fingerprint density at radius 3 is 1.38 bits per heavy atom. The van der Waals surface area contributed by atoms with Gasteiger partial charge in [0, 0.05) is 46.8 Å². The first kappa shape index (κ1) is 68.0. The summed E-state index contributed by atoms with van der Waals surface area (Å²) in [5, 5.41) is 9.21. The van der Waals surface area contributed by atoms with Gasteiger partial charge in [0.2, 0.25) is 0 Å². The van der Waals surface area contributed by atoms with E-state index in [1.54, 1.807) is 0 Å². The highest BCUT2D eigenvalue weighted by molar-refractivity contribution is 5.22. The number of aliphatic hydroxyl groups is 1. The fourth-order valence-corrected chi connectivity index (χ4v) is 9.77. The van der Waals surface area contributed by atoms with Crippen LogP contribution in [0.25, 0.3) is 0 Å². The van der Waals surface area contributed by atoms with Crippen molar-refractivity contribution in [3.63, 3.8) is 0 Å². The van der Waals surface area contributed by atoms with E-state index in [-0.39, 0.29) is 17.3 Å². The molecule has 2 atom stereocenters. The van der Waals surface area contributed by atoms with Gasteiger partial charge < -0.3 is 24.1 Å². The lowest BCUT2D eigenvalue weighted by Crippen LogP contribution is -2.27. The van der Waals surface area contributed by atoms with E-state index < -0.39 is 0 Å². The molecule has 1 aromatic carbocycles. The first-order chi connectivity index (χ1) is 32.3. The molecule has 1 N–H and O–H groups in total. The Hall–Kier alpha value is -1.05. The van der Waals surface area contributed by atoms with Crippen LogP contribution in [0, 0.1) is 76.3 Å². The van der Waals surface area contributed by atoms with Gasteiger partial charge in [0.05, 0.1) is 12.2 Å². The van der Waals surface area contributed by atoms with Crippen molar-refractivity contribution in [2.75, 3.05) is 46.8 Å². The van der Waals surface area contributed by atoms with E-state index in [0.717, 1.165) is 118 Å². The normalized spacial score (nSPS) is 23.9. The molecule has 0 aromatic heterocycles. The largest absolute Gasteiger partial charge is 0.393 e. The monoisotopic (exact) mass is 977 g/mol. The molecule has 3 saturated heterocycles. The van der Waals surface area contributed by atoms with Crippen LogP contribution in [0.2, 0.25) is 0 Å². The van der Waals surface area contributed by atoms with Crippen LogP contribution in [0.3, 0.4) is 0 Å². The predicted molar refractivity (Wildman–Crippen MR) is 299 cm³/mol. The average molecular weight is 978 g/mol. The van der Waals surface area contributed by atoms with E-state index >= 15 is 0 Å². The standard InChI is InChI=1S/C10H13F.C10H20O.4C9H18O.C7H16/c1-10(2,3)8-4-6-9(11)7-5-8;1-8(2)9-4-6-10(11-3)7-5-9;1-9(2,3)8-4-6-10-7-5-8;1-8(2)7-9-3-5-10-6-4-9;1-7(2)8-3-5-9(10)6-4-8;1-8(2)3-4-9-5-6-10-7-9;1-5-7(4)6(2)3/h4-7H,1-3H3;8-10H,4-7H2,1-3H3;8H,4-7H2,1-3H3;8-9H,3-7H2,1-2H3;7-10H,3-6H2,1-2H3;8-9H,3-7H2,1-2H3;6-7H,5H2,1-4H3/t;;;;;9-;7-/m.....10/s1. The maximum Gasteiger partial charge on any atom is 0.123 e. The molecule has 2 saturated carbocycles. The first-order valence-electron chi connectivity index (χ1n) is 29.0. The molecule has 5 aliphatic rings. The number of benzene rings is 1. The number of halogens is 1. The molecular formula is C63H121FO5. The van der Waals surface area contributed by atoms with E-state index in [9.17, 15) is 9.50 Å². The van der Waals surface area contributed by atoms with E-state index in [4.69, 9.17) is 18.9 Å². The molecule has 1 aromatic rings. The summed E-state index contributed by atoms with van der Waals surface area (Å²) < 4.78 is 33.7. The topological polar surface area (TPSA) is 57.2 Å². The summed E-state index contributed by atoms with van der Waals surface area (Å²) in [6.45, 7) is 46.7. The zero-order chi connectivity index (χ0) is 52.6. The predicted octanol–water partition coefficient (Wildman–Crippen LogP) is 18.2. The maximum atomic E-state index is 12.5. The molecule has 2 aliphatic carbocycles. The summed E-state index contributed by atoms with van der Waals surface area (Å²) in [5.41, 5.74) is 1.77. The minimum absolute atomic E-state index is 0.00926. The average Bonchev–Trinajstić information content (AvgIpc) is 3.84. The Kier molecular flexibility index (Phi) is 37.9. The van der Waals surface area contributed by atoms with Gasteiger partial charge in [-0.3, -0.25) is 0 Å². The van der Waals surface area contributed by atoms with Crippen LogP contribution in [0.15, 0.2) is 24.3 Å². The lowest BCUT2D eigenvalue weighted by molar-refractivity contribution is 0.0286.